The van der Waals surface area contributed by atoms with Crippen LogP contribution in [0, 0.1) is 0 Å². The lowest BCUT2D eigenvalue weighted by molar-refractivity contribution is -0.123. The van der Waals surface area contributed by atoms with Crippen LogP contribution in [0.25, 0.3) is 0 Å². The molecule has 0 heterocycles. The van der Waals surface area contributed by atoms with Crippen molar-refractivity contribution in [2.24, 2.45) is 0 Å². The summed E-state index contributed by atoms with van der Waals surface area (Å²) in [6.07, 6.45) is 68.2. The summed E-state index contributed by atoms with van der Waals surface area (Å²) in [5.41, 5.74) is 0. The van der Waals surface area contributed by atoms with Gasteiger partial charge in [0, 0.05) is 6.42 Å². The Labute approximate surface area is 377 Å². The summed E-state index contributed by atoms with van der Waals surface area (Å²) in [6.45, 7) is 4.34. The fourth-order valence-electron chi connectivity index (χ4n) is 9.01. The second kappa shape index (κ2) is 52.5. The fourth-order valence-corrected chi connectivity index (χ4v) is 9.01. The normalized spacial score (nSPS) is 12.8. The first-order valence-corrected chi connectivity index (χ1v) is 27.9. The van der Waals surface area contributed by atoms with Crippen molar-refractivity contribution in [1.29, 1.82) is 0 Å². The Morgan fingerprint density at radius 1 is 0.383 bits per heavy atom. The van der Waals surface area contributed by atoms with E-state index in [2.05, 4.69) is 19.2 Å². The summed E-state index contributed by atoms with van der Waals surface area (Å²) in [5.74, 6) is -0.0571. The molecule has 0 aromatic carbocycles. The molecule has 0 aromatic heterocycles. The molecule has 0 aliphatic rings. The number of amides is 1. The smallest absolute Gasteiger partial charge is 0.220 e. The first-order chi connectivity index (χ1) is 29.7. The van der Waals surface area contributed by atoms with Gasteiger partial charge >= 0.3 is 0 Å². The summed E-state index contributed by atoms with van der Waals surface area (Å²) in [4.78, 5) is 12.4. The number of aliphatic hydroxyl groups excluding tert-OH is 2. The van der Waals surface area contributed by atoms with Gasteiger partial charge in [-0.3, -0.25) is 4.79 Å². The van der Waals surface area contributed by atoms with Gasteiger partial charge in [-0.15, -0.1) is 0 Å². The van der Waals surface area contributed by atoms with Crippen LogP contribution in [0.3, 0.4) is 0 Å². The lowest BCUT2D eigenvalue weighted by Gasteiger charge is -2.20. The zero-order valence-electron chi connectivity index (χ0n) is 41.3. The molecule has 60 heavy (non-hydrogen) atoms. The van der Waals surface area contributed by atoms with Crippen molar-refractivity contribution in [2.75, 3.05) is 6.61 Å². The molecule has 358 valence electrons. The van der Waals surface area contributed by atoms with Crippen LogP contribution < -0.4 is 5.32 Å². The zero-order valence-corrected chi connectivity index (χ0v) is 41.3. The van der Waals surface area contributed by atoms with Crippen molar-refractivity contribution in [3.63, 3.8) is 0 Å². The van der Waals surface area contributed by atoms with Crippen LogP contribution in [0.2, 0.25) is 0 Å². The fraction of sp³-hybridized carbons (Fsp3) is 0.946. The van der Waals surface area contributed by atoms with E-state index in [4.69, 9.17) is 0 Å². The minimum atomic E-state index is -0.834. The summed E-state index contributed by atoms with van der Waals surface area (Å²) < 4.78 is 0. The Morgan fingerprint density at radius 3 is 0.867 bits per heavy atom. The average Bonchev–Trinajstić information content (AvgIpc) is 3.25. The highest BCUT2D eigenvalue weighted by Crippen LogP contribution is 2.18. The maximum absolute atomic E-state index is 12.4. The third kappa shape index (κ3) is 48.2. The number of hydrogen-bond acceptors (Lipinski definition) is 3. The number of carbonyl (C=O) groups excluding carboxylic acids is 1. The monoisotopic (exact) mass is 846 g/mol. The molecule has 0 spiro atoms. The first-order valence-electron chi connectivity index (χ1n) is 27.9. The summed E-state index contributed by atoms with van der Waals surface area (Å²) >= 11 is 0. The molecule has 0 aliphatic carbocycles. The van der Waals surface area contributed by atoms with Crippen molar-refractivity contribution >= 4 is 5.91 Å². The molecule has 0 saturated heterocycles. The third-order valence-corrected chi connectivity index (χ3v) is 13.3. The van der Waals surface area contributed by atoms with E-state index >= 15 is 0 Å². The largest absolute Gasteiger partial charge is 0.394 e. The van der Waals surface area contributed by atoms with Gasteiger partial charge in [0.2, 0.25) is 5.91 Å². The predicted octanol–water partition coefficient (Wildman–Crippen LogP) is 18.1. The molecular formula is C56H111NO3. The second-order valence-electron chi connectivity index (χ2n) is 19.4. The summed E-state index contributed by atoms with van der Waals surface area (Å²) in [5, 5.41) is 23.1. The highest BCUT2D eigenvalue weighted by Gasteiger charge is 2.18. The lowest BCUT2D eigenvalue weighted by atomic mass is 10.0. The van der Waals surface area contributed by atoms with Gasteiger partial charge in [0.05, 0.1) is 18.8 Å². The van der Waals surface area contributed by atoms with Crippen LogP contribution in [0.1, 0.15) is 322 Å². The summed E-state index contributed by atoms with van der Waals surface area (Å²) in [6, 6.07) is -0.617. The van der Waals surface area contributed by atoms with Gasteiger partial charge in [-0.2, -0.15) is 0 Å². The van der Waals surface area contributed by atoms with Crippen molar-refractivity contribution in [3.8, 4) is 0 Å². The van der Waals surface area contributed by atoms with Crippen LogP contribution in [-0.2, 0) is 4.79 Å². The van der Waals surface area contributed by atoms with Gasteiger partial charge in [0.25, 0.3) is 0 Å². The maximum Gasteiger partial charge on any atom is 0.220 e. The number of carbonyl (C=O) groups is 1. The van der Waals surface area contributed by atoms with E-state index in [9.17, 15) is 15.0 Å². The van der Waals surface area contributed by atoms with Crippen LogP contribution in [0.15, 0.2) is 12.2 Å². The second-order valence-corrected chi connectivity index (χ2v) is 19.4. The maximum atomic E-state index is 12.4. The average molecular weight is 847 g/mol. The van der Waals surface area contributed by atoms with Crippen LogP contribution in [-0.4, -0.2) is 34.9 Å². The topological polar surface area (TPSA) is 69.6 Å². The molecule has 0 bridgehead atoms. The molecule has 2 atom stereocenters. The Bertz CT molecular complexity index is 829. The highest BCUT2D eigenvalue weighted by atomic mass is 16.3. The third-order valence-electron chi connectivity index (χ3n) is 13.3. The van der Waals surface area contributed by atoms with E-state index in [0.29, 0.717) is 6.42 Å². The SMILES string of the molecule is CCCCCCCCCCCCCC/C=C/[C@@H](O)[C@H](CO)NC(=O)CCCCCCCCCCCCCCCCCCCCCCCCCCCCCCCCCCCC. The number of unbranched alkanes of at least 4 members (excludes halogenated alkanes) is 45. The van der Waals surface area contributed by atoms with Gasteiger partial charge in [-0.25, -0.2) is 0 Å². The highest BCUT2D eigenvalue weighted by molar-refractivity contribution is 5.76. The Hall–Kier alpha value is -0.870. The van der Waals surface area contributed by atoms with E-state index in [0.717, 1.165) is 25.7 Å². The molecule has 0 radical (unpaired) electrons. The Morgan fingerprint density at radius 2 is 0.617 bits per heavy atom. The molecule has 0 aromatic rings. The minimum absolute atomic E-state index is 0.0571. The van der Waals surface area contributed by atoms with Crippen molar-refractivity contribution in [3.05, 3.63) is 12.2 Å². The number of hydrogen-bond donors (Lipinski definition) is 3. The molecule has 4 heteroatoms. The van der Waals surface area contributed by atoms with Crippen LogP contribution in [0.4, 0.5) is 0 Å². The minimum Gasteiger partial charge on any atom is -0.394 e. The predicted molar refractivity (Wildman–Crippen MR) is 267 cm³/mol. The van der Waals surface area contributed by atoms with Crippen LogP contribution in [0.5, 0.6) is 0 Å². The van der Waals surface area contributed by atoms with Gasteiger partial charge in [0.1, 0.15) is 0 Å². The number of rotatable bonds is 52. The standard InChI is InChI=1S/C56H111NO3/c1-3-5-7-9-11-13-15-17-19-20-21-22-23-24-25-26-27-28-29-30-31-32-33-34-35-36-37-38-40-42-44-46-48-50-52-56(60)57-54(53-58)55(59)51-49-47-45-43-41-39-18-16-14-12-10-8-6-4-2/h49,51,54-55,58-59H,3-48,50,52-53H2,1-2H3,(H,57,60)/b51-49+/t54-,55+/m0/s1. The van der Waals surface area contributed by atoms with Gasteiger partial charge in [-0.1, -0.05) is 309 Å². The molecule has 1 amide bonds. The van der Waals surface area contributed by atoms with Crippen LogP contribution >= 0.6 is 0 Å². The summed E-state index contributed by atoms with van der Waals surface area (Å²) in [7, 11) is 0. The lowest BCUT2D eigenvalue weighted by Crippen LogP contribution is -2.45. The van der Waals surface area contributed by atoms with E-state index in [1.54, 1.807) is 6.08 Å². The van der Waals surface area contributed by atoms with E-state index in [-0.39, 0.29) is 12.5 Å². The molecule has 0 fully saturated rings. The van der Waals surface area contributed by atoms with Gasteiger partial charge in [-0.05, 0) is 19.3 Å². The van der Waals surface area contributed by atoms with E-state index < -0.39 is 12.1 Å². The van der Waals surface area contributed by atoms with Crippen molar-refractivity contribution < 1.29 is 15.0 Å². The van der Waals surface area contributed by atoms with Crippen molar-refractivity contribution in [1.82, 2.24) is 5.32 Å². The Balaban J connectivity index is 3.37. The quantitative estimate of drug-likeness (QED) is 0.0422. The van der Waals surface area contributed by atoms with Gasteiger partial charge < -0.3 is 15.5 Å². The van der Waals surface area contributed by atoms with E-state index in [1.165, 1.54) is 276 Å². The number of nitrogens with one attached hydrogen (secondary N) is 1. The number of aliphatic hydroxyl groups is 2. The van der Waals surface area contributed by atoms with Crippen molar-refractivity contribution in [2.45, 2.75) is 334 Å². The zero-order chi connectivity index (χ0) is 43.5. The molecule has 0 saturated carbocycles. The number of allylic oxidation sites excluding steroid dienone is 1. The first kappa shape index (κ1) is 59.1. The van der Waals surface area contributed by atoms with E-state index in [1.807, 2.05) is 6.08 Å². The molecular weight excluding hydrogens is 735 g/mol. The molecule has 0 aliphatic heterocycles. The molecule has 3 N–H and O–H groups in total. The molecule has 4 nitrogen and oxygen atoms in total. The Kier molecular flexibility index (Phi) is 51.7. The molecule has 0 unspecified atom stereocenters. The van der Waals surface area contributed by atoms with Gasteiger partial charge in [0.15, 0.2) is 0 Å². The molecule has 0 rings (SSSR count).